The van der Waals surface area contributed by atoms with Crippen LogP contribution in [-0.2, 0) is 22.6 Å². The molecule has 9 heteroatoms. The normalized spacial score (nSPS) is 10.6. The summed E-state index contributed by atoms with van der Waals surface area (Å²) in [5, 5.41) is 8.60. The zero-order chi connectivity index (χ0) is 19.6. The van der Waals surface area contributed by atoms with Gasteiger partial charge in [-0.3, -0.25) is 19.1 Å². The number of nitrogens with one attached hydrogen (secondary N) is 4. The van der Waals surface area contributed by atoms with E-state index in [9.17, 15) is 14.4 Å². The molecule has 1 aromatic carbocycles. The summed E-state index contributed by atoms with van der Waals surface area (Å²) < 4.78 is 6.32. The van der Waals surface area contributed by atoms with Crippen molar-refractivity contribution >= 4 is 17.4 Å². The molecule has 1 amide bonds. The van der Waals surface area contributed by atoms with E-state index in [1.54, 1.807) is 7.05 Å². The summed E-state index contributed by atoms with van der Waals surface area (Å²) in [5.74, 6) is -0.166. The Bertz CT molecular complexity index is 860. The van der Waals surface area contributed by atoms with Gasteiger partial charge in [0.1, 0.15) is 11.5 Å². The summed E-state index contributed by atoms with van der Waals surface area (Å²) in [4.78, 5) is 39.1. The molecular weight excluding hydrogens is 350 g/mol. The Morgan fingerprint density at radius 3 is 2.63 bits per heavy atom. The van der Waals surface area contributed by atoms with Crippen LogP contribution in [0, 0.1) is 0 Å². The SMILES string of the molecule is CNCCC(=O)Nc1c(NCc2ccccc2)c(=O)[nH]c(=O)n1CCOC. The molecule has 2 aromatic rings. The van der Waals surface area contributed by atoms with Gasteiger partial charge in [0, 0.05) is 26.6 Å². The Balaban J connectivity index is 2.37. The van der Waals surface area contributed by atoms with Gasteiger partial charge in [0.25, 0.3) is 5.56 Å². The summed E-state index contributed by atoms with van der Waals surface area (Å²) in [6.07, 6.45) is 0.208. The number of rotatable bonds is 10. The molecule has 0 saturated carbocycles. The van der Waals surface area contributed by atoms with Crippen molar-refractivity contribution in [3.8, 4) is 0 Å². The standard InChI is InChI=1S/C18H25N5O4/c1-19-9-8-14(24)21-16-15(20-12-13-6-4-3-5-7-13)17(25)22-18(26)23(16)10-11-27-2/h3-7,19-20H,8-12H2,1-2H3,(H,21,24)(H,22,25,26). The second-order valence-electron chi connectivity index (χ2n) is 5.87. The number of aromatic amines is 1. The number of anilines is 2. The first-order chi connectivity index (χ1) is 13.1. The van der Waals surface area contributed by atoms with Gasteiger partial charge in [0.15, 0.2) is 0 Å². The average molecular weight is 375 g/mol. The lowest BCUT2D eigenvalue weighted by Crippen LogP contribution is -2.36. The lowest BCUT2D eigenvalue weighted by molar-refractivity contribution is -0.116. The van der Waals surface area contributed by atoms with Gasteiger partial charge in [-0.1, -0.05) is 30.3 Å². The second-order valence-corrected chi connectivity index (χ2v) is 5.87. The number of benzene rings is 1. The van der Waals surface area contributed by atoms with Crippen molar-refractivity contribution in [2.45, 2.75) is 19.5 Å². The summed E-state index contributed by atoms with van der Waals surface area (Å²) in [6.45, 7) is 1.28. The maximum atomic E-state index is 12.4. The van der Waals surface area contributed by atoms with Crippen molar-refractivity contribution in [2.75, 3.05) is 37.9 Å². The molecule has 27 heavy (non-hydrogen) atoms. The minimum Gasteiger partial charge on any atom is -0.383 e. The number of nitrogens with zero attached hydrogens (tertiary/aromatic N) is 1. The number of hydrogen-bond donors (Lipinski definition) is 4. The Morgan fingerprint density at radius 2 is 1.96 bits per heavy atom. The first-order valence-corrected chi connectivity index (χ1v) is 8.65. The number of H-pyrrole nitrogens is 1. The third kappa shape index (κ3) is 5.80. The first-order valence-electron chi connectivity index (χ1n) is 8.65. The fourth-order valence-electron chi connectivity index (χ4n) is 2.48. The molecular formula is C18H25N5O4. The van der Waals surface area contributed by atoms with Crippen molar-refractivity contribution in [3.63, 3.8) is 0 Å². The van der Waals surface area contributed by atoms with Crippen LogP contribution in [0.15, 0.2) is 39.9 Å². The molecule has 1 heterocycles. The molecule has 0 bridgehead atoms. The van der Waals surface area contributed by atoms with Gasteiger partial charge in [-0.2, -0.15) is 0 Å². The van der Waals surface area contributed by atoms with E-state index in [2.05, 4.69) is 20.9 Å². The summed E-state index contributed by atoms with van der Waals surface area (Å²) in [7, 11) is 3.25. The van der Waals surface area contributed by atoms with Gasteiger partial charge in [0.2, 0.25) is 5.91 Å². The number of aromatic nitrogens is 2. The van der Waals surface area contributed by atoms with E-state index in [-0.39, 0.29) is 37.0 Å². The van der Waals surface area contributed by atoms with Crippen LogP contribution in [0.25, 0.3) is 0 Å². The van der Waals surface area contributed by atoms with Crippen LogP contribution in [0.2, 0.25) is 0 Å². The molecule has 0 spiro atoms. The fourth-order valence-corrected chi connectivity index (χ4v) is 2.48. The van der Waals surface area contributed by atoms with Crippen LogP contribution in [0.4, 0.5) is 11.5 Å². The van der Waals surface area contributed by atoms with Crippen LogP contribution in [0.3, 0.4) is 0 Å². The molecule has 2 rings (SSSR count). The van der Waals surface area contributed by atoms with E-state index in [1.807, 2.05) is 30.3 Å². The Morgan fingerprint density at radius 1 is 1.22 bits per heavy atom. The minimum atomic E-state index is -0.605. The highest BCUT2D eigenvalue weighted by molar-refractivity contribution is 5.92. The highest BCUT2D eigenvalue weighted by atomic mass is 16.5. The van der Waals surface area contributed by atoms with Gasteiger partial charge in [0.05, 0.1) is 13.2 Å². The lowest BCUT2D eigenvalue weighted by atomic mass is 10.2. The third-order valence-corrected chi connectivity index (χ3v) is 3.89. The van der Waals surface area contributed by atoms with E-state index in [4.69, 9.17) is 4.74 Å². The molecule has 0 radical (unpaired) electrons. The molecule has 0 atom stereocenters. The van der Waals surface area contributed by atoms with Gasteiger partial charge in [-0.25, -0.2) is 4.79 Å². The van der Waals surface area contributed by atoms with Gasteiger partial charge >= 0.3 is 5.69 Å². The summed E-state index contributed by atoms with van der Waals surface area (Å²) >= 11 is 0. The molecule has 9 nitrogen and oxygen atoms in total. The highest BCUT2D eigenvalue weighted by Crippen LogP contribution is 2.16. The lowest BCUT2D eigenvalue weighted by Gasteiger charge is -2.17. The van der Waals surface area contributed by atoms with E-state index in [0.29, 0.717) is 13.1 Å². The van der Waals surface area contributed by atoms with Crippen molar-refractivity contribution in [1.82, 2.24) is 14.9 Å². The third-order valence-electron chi connectivity index (χ3n) is 3.89. The maximum absolute atomic E-state index is 12.4. The molecule has 0 saturated heterocycles. The van der Waals surface area contributed by atoms with Crippen LogP contribution < -0.4 is 27.2 Å². The molecule has 0 unspecified atom stereocenters. The molecule has 0 aliphatic heterocycles. The van der Waals surface area contributed by atoms with Crippen molar-refractivity contribution in [1.29, 1.82) is 0 Å². The smallest absolute Gasteiger partial charge is 0.330 e. The monoisotopic (exact) mass is 375 g/mol. The predicted molar refractivity (Wildman–Crippen MR) is 104 cm³/mol. The Kier molecular flexibility index (Phi) is 7.78. The van der Waals surface area contributed by atoms with Crippen LogP contribution in [0.1, 0.15) is 12.0 Å². The molecule has 0 fully saturated rings. The van der Waals surface area contributed by atoms with Crippen molar-refractivity contribution in [3.05, 3.63) is 56.7 Å². The number of hydrogen-bond acceptors (Lipinski definition) is 6. The van der Waals surface area contributed by atoms with Crippen LogP contribution in [0.5, 0.6) is 0 Å². The van der Waals surface area contributed by atoms with Gasteiger partial charge in [-0.15, -0.1) is 0 Å². The number of carbonyl (C=O) groups is 1. The number of methoxy groups -OCH3 is 1. The molecule has 1 aromatic heterocycles. The van der Waals surface area contributed by atoms with E-state index in [1.165, 1.54) is 11.7 Å². The number of carbonyl (C=O) groups excluding carboxylic acids is 1. The van der Waals surface area contributed by atoms with E-state index in [0.717, 1.165) is 5.56 Å². The average Bonchev–Trinajstić information content (AvgIpc) is 2.66. The molecule has 146 valence electrons. The largest absolute Gasteiger partial charge is 0.383 e. The Labute approximate surface area is 156 Å². The summed E-state index contributed by atoms with van der Waals surface area (Å²) in [5.41, 5.74) is -0.105. The van der Waals surface area contributed by atoms with E-state index < -0.39 is 11.2 Å². The quantitative estimate of drug-likeness (QED) is 0.476. The Hall–Kier alpha value is -2.91. The van der Waals surface area contributed by atoms with Gasteiger partial charge in [-0.05, 0) is 12.6 Å². The predicted octanol–water partition coefficient (Wildman–Crippen LogP) is 0.343. The maximum Gasteiger partial charge on any atom is 0.330 e. The zero-order valence-corrected chi connectivity index (χ0v) is 15.5. The number of ether oxygens (including phenoxy) is 1. The number of amides is 1. The zero-order valence-electron chi connectivity index (χ0n) is 15.5. The van der Waals surface area contributed by atoms with Crippen LogP contribution in [-0.4, -0.2) is 42.8 Å². The highest BCUT2D eigenvalue weighted by Gasteiger charge is 2.17. The first kappa shape index (κ1) is 20.4. The molecule has 0 aliphatic rings. The fraction of sp³-hybridized carbons (Fsp3) is 0.389. The molecule has 4 N–H and O–H groups in total. The van der Waals surface area contributed by atoms with Crippen molar-refractivity contribution < 1.29 is 9.53 Å². The van der Waals surface area contributed by atoms with Crippen molar-refractivity contribution in [2.24, 2.45) is 0 Å². The van der Waals surface area contributed by atoms with E-state index >= 15 is 0 Å². The summed E-state index contributed by atoms with van der Waals surface area (Å²) in [6, 6.07) is 9.50. The van der Waals surface area contributed by atoms with Crippen LogP contribution >= 0.6 is 0 Å². The topological polar surface area (TPSA) is 117 Å². The molecule has 0 aliphatic carbocycles. The minimum absolute atomic E-state index is 0.132. The van der Waals surface area contributed by atoms with Gasteiger partial charge < -0.3 is 20.7 Å². The second kappa shape index (κ2) is 10.3.